The van der Waals surface area contributed by atoms with Gasteiger partial charge >= 0.3 is 0 Å². The molecule has 0 saturated carbocycles. The number of pyridine rings is 1. The molecule has 0 unspecified atom stereocenters. The number of hydrogen-bond acceptors (Lipinski definition) is 2. The zero-order chi connectivity index (χ0) is 8.97. The molecule has 0 atom stereocenters. The Hall–Kier alpha value is -1.44. The van der Waals surface area contributed by atoms with Crippen LogP contribution in [0, 0.1) is 6.92 Å². The van der Waals surface area contributed by atoms with E-state index < -0.39 is 0 Å². The third kappa shape index (κ3) is 2.02. The fourth-order valence-electron chi connectivity index (χ4n) is 0.861. The highest BCUT2D eigenvalue weighted by Gasteiger charge is 1.99. The largest absolute Gasteiger partial charge is 0.289 e. The third-order valence-electron chi connectivity index (χ3n) is 1.51. The molecule has 0 aromatic carbocycles. The van der Waals surface area contributed by atoms with Crippen molar-refractivity contribution in [3.05, 3.63) is 41.7 Å². The van der Waals surface area contributed by atoms with Crippen LogP contribution in [0.1, 0.15) is 23.0 Å². The highest BCUT2D eigenvalue weighted by atomic mass is 16.1. The van der Waals surface area contributed by atoms with Gasteiger partial charge in [0, 0.05) is 17.5 Å². The van der Waals surface area contributed by atoms with Crippen LogP contribution >= 0.6 is 0 Å². The molecule has 0 saturated heterocycles. The molecule has 1 aromatic rings. The summed E-state index contributed by atoms with van der Waals surface area (Å²) in [5.74, 6) is 0.00463. The number of aromatic nitrogens is 1. The van der Waals surface area contributed by atoms with Gasteiger partial charge in [0.05, 0.1) is 0 Å². The van der Waals surface area contributed by atoms with Gasteiger partial charge in [-0.1, -0.05) is 6.08 Å². The topological polar surface area (TPSA) is 30.0 Å². The Morgan fingerprint density at radius 1 is 1.50 bits per heavy atom. The summed E-state index contributed by atoms with van der Waals surface area (Å²) in [7, 11) is 0. The summed E-state index contributed by atoms with van der Waals surface area (Å²) in [5.41, 5.74) is 1.56. The molecule has 0 radical (unpaired) electrons. The number of carbonyl (C=O) groups excluding carboxylic acids is 1. The Kier molecular flexibility index (Phi) is 2.75. The lowest BCUT2D eigenvalue weighted by Crippen LogP contribution is -1.95. The minimum Gasteiger partial charge on any atom is -0.289 e. The Balaban J connectivity index is 2.90. The molecule has 0 N–H and O–H groups in total. The summed E-state index contributed by atoms with van der Waals surface area (Å²) >= 11 is 0. The maximum atomic E-state index is 11.2. The molecule has 0 aliphatic rings. The molecule has 12 heavy (non-hydrogen) atoms. The van der Waals surface area contributed by atoms with Gasteiger partial charge in [-0.3, -0.25) is 9.78 Å². The van der Waals surface area contributed by atoms with Crippen LogP contribution in [-0.4, -0.2) is 10.8 Å². The molecule has 1 heterocycles. The highest BCUT2D eigenvalue weighted by Crippen LogP contribution is 2.00. The van der Waals surface area contributed by atoms with Crippen molar-refractivity contribution in [2.24, 2.45) is 0 Å². The van der Waals surface area contributed by atoms with Crippen molar-refractivity contribution in [3.8, 4) is 0 Å². The van der Waals surface area contributed by atoms with Gasteiger partial charge in [0.2, 0.25) is 0 Å². The minimum absolute atomic E-state index is 0.00463. The first kappa shape index (κ1) is 8.65. The van der Waals surface area contributed by atoms with Crippen molar-refractivity contribution in [2.75, 3.05) is 0 Å². The van der Waals surface area contributed by atoms with Crippen LogP contribution in [0.25, 0.3) is 0 Å². The number of carbonyl (C=O) groups is 1. The van der Waals surface area contributed by atoms with Crippen molar-refractivity contribution >= 4 is 5.78 Å². The number of allylic oxidation sites excluding steroid dienone is 2. The highest BCUT2D eigenvalue weighted by molar-refractivity contribution is 6.04. The van der Waals surface area contributed by atoms with E-state index in [1.165, 1.54) is 6.08 Å². The van der Waals surface area contributed by atoms with E-state index in [1.807, 2.05) is 19.9 Å². The van der Waals surface area contributed by atoms with Crippen LogP contribution < -0.4 is 0 Å². The summed E-state index contributed by atoms with van der Waals surface area (Å²) < 4.78 is 0. The predicted molar refractivity (Wildman–Crippen MR) is 48.1 cm³/mol. The van der Waals surface area contributed by atoms with Gasteiger partial charge in [-0.2, -0.15) is 0 Å². The van der Waals surface area contributed by atoms with Crippen LogP contribution in [0.2, 0.25) is 0 Å². The number of ketones is 1. The quantitative estimate of drug-likeness (QED) is 0.491. The second kappa shape index (κ2) is 3.81. The van der Waals surface area contributed by atoms with Gasteiger partial charge in [-0.25, -0.2) is 0 Å². The standard InChI is InChI=1S/C10H11NO/c1-3-4-10(12)9-6-5-8(2)11-7-9/h3-7H,1-2H3/b4-3+. The fourth-order valence-corrected chi connectivity index (χ4v) is 0.861. The summed E-state index contributed by atoms with van der Waals surface area (Å²) in [5, 5.41) is 0. The van der Waals surface area contributed by atoms with E-state index in [-0.39, 0.29) is 5.78 Å². The summed E-state index contributed by atoms with van der Waals surface area (Å²) in [6, 6.07) is 3.61. The molecule has 0 bridgehead atoms. The molecule has 0 aliphatic carbocycles. The monoisotopic (exact) mass is 161 g/mol. The lowest BCUT2D eigenvalue weighted by atomic mass is 10.2. The first-order chi connectivity index (χ1) is 5.74. The Morgan fingerprint density at radius 3 is 2.75 bits per heavy atom. The number of hydrogen-bond donors (Lipinski definition) is 0. The maximum absolute atomic E-state index is 11.2. The minimum atomic E-state index is 0.00463. The Bertz CT molecular complexity index is 298. The predicted octanol–water partition coefficient (Wildman–Crippen LogP) is 2.15. The lowest BCUT2D eigenvalue weighted by molar-refractivity contribution is 0.104. The fraction of sp³-hybridized carbons (Fsp3) is 0.200. The van der Waals surface area contributed by atoms with Crippen LogP contribution in [0.4, 0.5) is 0 Å². The number of aryl methyl sites for hydroxylation is 1. The van der Waals surface area contributed by atoms with Crippen LogP contribution in [-0.2, 0) is 0 Å². The average Bonchev–Trinajstić information content (AvgIpc) is 2.06. The van der Waals surface area contributed by atoms with Crippen molar-refractivity contribution in [3.63, 3.8) is 0 Å². The van der Waals surface area contributed by atoms with Crippen molar-refractivity contribution < 1.29 is 4.79 Å². The van der Waals surface area contributed by atoms with Gasteiger partial charge in [0.15, 0.2) is 5.78 Å². The van der Waals surface area contributed by atoms with Gasteiger partial charge in [0.25, 0.3) is 0 Å². The molecule has 0 aliphatic heterocycles. The molecule has 1 aromatic heterocycles. The normalized spacial score (nSPS) is 10.5. The second-order valence-corrected chi connectivity index (χ2v) is 2.55. The molecule has 0 spiro atoms. The molecule has 2 heteroatoms. The molecule has 62 valence electrons. The first-order valence-electron chi connectivity index (χ1n) is 3.83. The van der Waals surface area contributed by atoms with Crippen LogP contribution in [0.3, 0.4) is 0 Å². The van der Waals surface area contributed by atoms with E-state index in [9.17, 15) is 4.79 Å². The van der Waals surface area contributed by atoms with E-state index in [0.717, 1.165) is 5.69 Å². The zero-order valence-corrected chi connectivity index (χ0v) is 7.24. The van der Waals surface area contributed by atoms with E-state index in [0.29, 0.717) is 5.56 Å². The summed E-state index contributed by atoms with van der Waals surface area (Å²) in [6.07, 6.45) is 4.85. The lowest BCUT2D eigenvalue weighted by Gasteiger charge is -1.94. The van der Waals surface area contributed by atoms with Crippen molar-refractivity contribution in [1.29, 1.82) is 0 Å². The number of nitrogens with zero attached hydrogens (tertiary/aromatic N) is 1. The average molecular weight is 161 g/mol. The van der Waals surface area contributed by atoms with Gasteiger partial charge in [-0.15, -0.1) is 0 Å². The van der Waals surface area contributed by atoms with E-state index in [1.54, 1.807) is 18.3 Å². The van der Waals surface area contributed by atoms with Gasteiger partial charge in [0.1, 0.15) is 0 Å². The van der Waals surface area contributed by atoms with E-state index >= 15 is 0 Å². The molecule has 1 rings (SSSR count). The van der Waals surface area contributed by atoms with E-state index in [2.05, 4.69) is 4.98 Å². The molecular formula is C10H11NO. The molecule has 0 amide bonds. The SMILES string of the molecule is C/C=C/C(=O)c1ccc(C)nc1. The summed E-state index contributed by atoms with van der Waals surface area (Å²) in [4.78, 5) is 15.3. The van der Waals surface area contributed by atoms with Crippen LogP contribution in [0.5, 0.6) is 0 Å². The van der Waals surface area contributed by atoms with Gasteiger partial charge < -0.3 is 0 Å². The molecular weight excluding hydrogens is 150 g/mol. The molecule has 2 nitrogen and oxygen atoms in total. The second-order valence-electron chi connectivity index (χ2n) is 2.55. The number of rotatable bonds is 2. The van der Waals surface area contributed by atoms with Crippen molar-refractivity contribution in [2.45, 2.75) is 13.8 Å². The molecule has 0 fully saturated rings. The summed E-state index contributed by atoms with van der Waals surface area (Å²) in [6.45, 7) is 3.71. The Labute approximate surface area is 71.9 Å². The van der Waals surface area contributed by atoms with Crippen LogP contribution in [0.15, 0.2) is 30.5 Å². The first-order valence-corrected chi connectivity index (χ1v) is 3.83. The smallest absolute Gasteiger partial charge is 0.187 e. The Morgan fingerprint density at radius 2 is 2.25 bits per heavy atom. The third-order valence-corrected chi connectivity index (χ3v) is 1.51. The van der Waals surface area contributed by atoms with E-state index in [4.69, 9.17) is 0 Å². The van der Waals surface area contributed by atoms with Gasteiger partial charge in [-0.05, 0) is 32.1 Å². The zero-order valence-electron chi connectivity index (χ0n) is 7.24. The van der Waals surface area contributed by atoms with Crippen molar-refractivity contribution in [1.82, 2.24) is 4.98 Å². The maximum Gasteiger partial charge on any atom is 0.187 e.